The predicted molar refractivity (Wildman–Crippen MR) is 79.9 cm³/mol. The fourth-order valence-electron chi connectivity index (χ4n) is 1.87. The molecule has 0 radical (unpaired) electrons. The first-order valence-corrected chi connectivity index (χ1v) is 6.61. The number of aromatic nitrogens is 2. The van der Waals surface area contributed by atoms with Crippen molar-refractivity contribution in [2.45, 2.75) is 19.8 Å². The Labute approximate surface area is 122 Å². The Morgan fingerprint density at radius 3 is 3.05 bits per heavy atom. The number of hydrogen-bond acceptors (Lipinski definition) is 4. The van der Waals surface area contributed by atoms with Gasteiger partial charge in [0.1, 0.15) is 5.82 Å². The minimum Gasteiger partial charge on any atom is -0.462 e. The van der Waals surface area contributed by atoms with Crippen molar-refractivity contribution in [3.8, 4) is 0 Å². The summed E-state index contributed by atoms with van der Waals surface area (Å²) in [6.07, 6.45) is 1.99. The summed E-state index contributed by atoms with van der Waals surface area (Å²) in [6, 6.07) is 5.44. The summed E-state index contributed by atoms with van der Waals surface area (Å²) < 4.78 is 5.02. The number of esters is 1. The molecule has 2 aromatic rings. The van der Waals surface area contributed by atoms with Gasteiger partial charge in [0.05, 0.1) is 17.6 Å². The van der Waals surface area contributed by atoms with Crippen molar-refractivity contribution in [1.82, 2.24) is 9.97 Å². The van der Waals surface area contributed by atoms with Crippen LogP contribution in [-0.2, 0) is 20.7 Å². The second kappa shape index (κ2) is 6.69. The lowest BCUT2D eigenvalue weighted by Gasteiger charge is -2.02. The second-order valence-corrected chi connectivity index (χ2v) is 4.70. The summed E-state index contributed by atoms with van der Waals surface area (Å²) in [6.45, 7) is 5.47. The first kappa shape index (κ1) is 14.8. The fourth-order valence-corrected chi connectivity index (χ4v) is 1.87. The highest BCUT2D eigenvalue weighted by molar-refractivity contribution is 5.86. The molecule has 0 spiro atoms. The lowest BCUT2D eigenvalue weighted by molar-refractivity contribution is -0.139. The number of nitrogens with zero attached hydrogens (tertiary/aromatic N) is 1. The number of hydrogen-bond donors (Lipinski definition) is 2. The van der Waals surface area contributed by atoms with Crippen LogP contribution in [0.5, 0.6) is 0 Å². The van der Waals surface area contributed by atoms with E-state index in [2.05, 4.69) is 21.9 Å². The third kappa shape index (κ3) is 3.92. The average Bonchev–Trinajstić information content (AvgIpc) is 2.85. The van der Waals surface area contributed by atoms with Crippen LogP contribution in [0.4, 0.5) is 5.69 Å². The monoisotopic (exact) mass is 287 g/mol. The van der Waals surface area contributed by atoms with Gasteiger partial charge in [-0.25, -0.2) is 9.78 Å². The molecule has 1 heterocycles. The van der Waals surface area contributed by atoms with Crippen LogP contribution in [0.25, 0.3) is 11.0 Å². The molecule has 0 saturated heterocycles. The van der Waals surface area contributed by atoms with Crippen molar-refractivity contribution in [2.75, 3.05) is 11.9 Å². The van der Waals surface area contributed by atoms with E-state index < -0.39 is 0 Å². The maximum absolute atomic E-state index is 11.2. The summed E-state index contributed by atoms with van der Waals surface area (Å²) in [7, 11) is 0. The Balaban J connectivity index is 1.92. The van der Waals surface area contributed by atoms with E-state index in [9.17, 15) is 9.59 Å². The standard InChI is InChI=1S/C15H17N3O3/c1-10(2)15(20)21-7-3-4-14-17-12-6-5-11(16-9-19)8-13(12)18-14/h5-6,8-9H,1,3-4,7H2,2H3,(H,16,19)(H,17,18). The van der Waals surface area contributed by atoms with Crippen molar-refractivity contribution in [3.63, 3.8) is 0 Å². The van der Waals surface area contributed by atoms with E-state index in [1.807, 2.05) is 12.1 Å². The van der Waals surface area contributed by atoms with Crippen LogP contribution in [0.1, 0.15) is 19.2 Å². The lowest BCUT2D eigenvalue weighted by atomic mass is 10.3. The number of imidazole rings is 1. The highest BCUT2D eigenvalue weighted by Gasteiger charge is 2.05. The summed E-state index contributed by atoms with van der Waals surface area (Å²) in [5, 5.41) is 2.59. The number of aryl methyl sites for hydroxylation is 1. The van der Waals surface area contributed by atoms with Gasteiger partial charge in [0, 0.05) is 17.7 Å². The van der Waals surface area contributed by atoms with E-state index in [0.717, 1.165) is 16.9 Å². The summed E-state index contributed by atoms with van der Waals surface area (Å²) in [5.74, 6) is 0.448. The Morgan fingerprint density at radius 2 is 2.33 bits per heavy atom. The molecule has 0 aliphatic carbocycles. The molecule has 110 valence electrons. The van der Waals surface area contributed by atoms with Crippen molar-refractivity contribution >= 4 is 29.1 Å². The molecule has 21 heavy (non-hydrogen) atoms. The van der Waals surface area contributed by atoms with E-state index >= 15 is 0 Å². The van der Waals surface area contributed by atoms with Crippen molar-refractivity contribution < 1.29 is 14.3 Å². The smallest absolute Gasteiger partial charge is 0.333 e. The molecule has 1 aromatic carbocycles. The highest BCUT2D eigenvalue weighted by atomic mass is 16.5. The van der Waals surface area contributed by atoms with Gasteiger partial charge in [0.15, 0.2) is 0 Å². The molecule has 0 fully saturated rings. The van der Waals surface area contributed by atoms with Crippen LogP contribution in [0, 0.1) is 0 Å². The van der Waals surface area contributed by atoms with Gasteiger partial charge in [0.2, 0.25) is 6.41 Å². The van der Waals surface area contributed by atoms with Crippen molar-refractivity contribution in [3.05, 3.63) is 36.2 Å². The number of rotatable bonds is 7. The molecule has 1 amide bonds. The molecule has 0 atom stereocenters. The number of H-pyrrole nitrogens is 1. The number of ether oxygens (including phenoxy) is 1. The van der Waals surface area contributed by atoms with Crippen LogP contribution in [-0.4, -0.2) is 29.0 Å². The zero-order chi connectivity index (χ0) is 15.2. The summed E-state index contributed by atoms with van der Waals surface area (Å²) >= 11 is 0. The molecule has 0 aliphatic rings. The Hall–Kier alpha value is -2.63. The molecule has 6 nitrogen and oxygen atoms in total. The Bertz CT molecular complexity index is 676. The first-order chi connectivity index (χ1) is 10.1. The maximum atomic E-state index is 11.2. The van der Waals surface area contributed by atoms with Crippen LogP contribution in [0.3, 0.4) is 0 Å². The van der Waals surface area contributed by atoms with E-state index in [1.54, 1.807) is 13.0 Å². The predicted octanol–water partition coefficient (Wildman–Crippen LogP) is 2.18. The quantitative estimate of drug-likeness (QED) is 0.354. The van der Waals surface area contributed by atoms with E-state index in [-0.39, 0.29) is 5.97 Å². The maximum Gasteiger partial charge on any atom is 0.333 e. The molecule has 0 bridgehead atoms. The van der Waals surface area contributed by atoms with Gasteiger partial charge in [-0.15, -0.1) is 0 Å². The molecule has 1 aromatic heterocycles. The van der Waals surface area contributed by atoms with Gasteiger partial charge in [-0.05, 0) is 31.5 Å². The Kier molecular flexibility index (Phi) is 4.71. The van der Waals surface area contributed by atoms with Gasteiger partial charge in [0.25, 0.3) is 0 Å². The molecular weight excluding hydrogens is 270 g/mol. The minimum absolute atomic E-state index is 0.334. The van der Waals surface area contributed by atoms with Gasteiger partial charge in [-0.2, -0.15) is 0 Å². The summed E-state index contributed by atoms with van der Waals surface area (Å²) in [5.41, 5.74) is 2.80. The average molecular weight is 287 g/mol. The van der Waals surface area contributed by atoms with Gasteiger partial charge < -0.3 is 15.0 Å². The van der Waals surface area contributed by atoms with Gasteiger partial charge in [-0.3, -0.25) is 4.79 Å². The highest BCUT2D eigenvalue weighted by Crippen LogP contribution is 2.17. The number of anilines is 1. The van der Waals surface area contributed by atoms with Crippen LogP contribution in [0.15, 0.2) is 30.4 Å². The molecule has 0 aliphatic heterocycles. The lowest BCUT2D eigenvalue weighted by Crippen LogP contribution is -2.07. The van der Waals surface area contributed by atoms with E-state index in [1.165, 1.54) is 0 Å². The third-order valence-corrected chi connectivity index (χ3v) is 2.90. The van der Waals surface area contributed by atoms with Gasteiger partial charge >= 0.3 is 5.97 Å². The normalized spacial score (nSPS) is 10.3. The topological polar surface area (TPSA) is 84.1 Å². The second-order valence-electron chi connectivity index (χ2n) is 4.70. The number of amides is 1. The number of nitrogens with one attached hydrogen (secondary N) is 2. The first-order valence-electron chi connectivity index (χ1n) is 6.61. The Morgan fingerprint density at radius 1 is 1.52 bits per heavy atom. The van der Waals surface area contributed by atoms with Crippen LogP contribution < -0.4 is 5.32 Å². The largest absolute Gasteiger partial charge is 0.462 e. The number of aromatic amines is 1. The summed E-state index contributed by atoms with van der Waals surface area (Å²) in [4.78, 5) is 29.2. The van der Waals surface area contributed by atoms with Gasteiger partial charge in [-0.1, -0.05) is 6.58 Å². The van der Waals surface area contributed by atoms with Crippen LogP contribution >= 0.6 is 0 Å². The zero-order valence-corrected chi connectivity index (χ0v) is 11.8. The fraction of sp³-hybridized carbons (Fsp3) is 0.267. The zero-order valence-electron chi connectivity index (χ0n) is 11.8. The van der Waals surface area contributed by atoms with Crippen LogP contribution in [0.2, 0.25) is 0 Å². The molecule has 2 rings (SSSR count). The number of carbonyl (C=O) groups is 2. The molecule has 6 heteroatoms. The van der Waals surface area contributed by atoms with Crippen molar-refractivity contribution in [1.29, 1.82) is 0 Å². The van der Waals surface area contributed by atoms with E-state index in [4.69, 9.17) is 4.74 Å². The number of carbonyl (C=O) groups excluding carboxylic acids is 2. The SMILES string of the molecule is C=C(C)C(=O)OCCCc1nc2ccc(NC=O)cc2[nH]1. The molecular formula is C15H17N3O3. The number of benzene rings is 1. The van der Waals surface area contributed by atoms with Crippen molar-refractivity contribution in [2.24, 2.45) is 0 Å². The number of fused-ring (bicyclic) bond motifs is 1. The molecule has 0 saturated carbocycles. The molecule has 2 N–H and O–H groups in total. The van der Waals surface area contributed by atoms with E-state index in [0.29, 0.717) is 37.1 Å². The minimum atomic E-state index is -0.371. The third-order valence-electron chi connectivity index (χ3n) is 2.90. The molecule has 0 unspecified atom stereocenters.